The van der Waals surface area contributed by atoms with Gasteiger partial charge in [-0.15, -0.1) is 11.3 Å². The lowest BCUT2D eigenvalue weighted by Crippen LogP contribution is -2.03. The number of nitrogens with zero attached hydrogens (tertiary/aromatic N) is 1. The molecule has 0 bridgehead atoms. The van der Waals surface area contributed by atoms with E-state index in [1.807, 2.05) is 18.2 Å². The molecular formula is C13H11NO4S. The third kappa shape index (κ3) is 3.17. The summed E-state index contributed by atoms with van der Waals surface area (Å²) in [4.78, 5) is 26.3. The number of aromatic nitrogens is 1. The number of carboxylic acids is 1. The number of Topliss-reactive ketones (excluding diaryl/α,β-unsaturated/α-hetero) is 1. The third-order valence-corrected chi connectivity index (χ3v) is 3.32. The molecule has 0 aliphatic carbocycles. The molecule has 0 spiro atoms. The number of aromatic carboxylic acids is 1. The van der Waals surface area contributed by atoms with Crippen molar-refractivity contribution in [3.63, 3.8) is 0 Å². The second kappa shape index (κ2) is 5.62. The number of hydrogen-bond acceptors (Lipinski definition) is 5. The van der Waals surface area contributed by atoms with Gasteiger partial charge in [0.15, 0.2) is 5.78 Å². The molecule has 1 aromatic heterocycles. The smallest absolute Gasteiger partial charge is 0.348 e. The summed E-state index contributed by atoms with van der Waals surface area (Å²) in [6, 6.07) is 9.11. The van der Waals surface area contributed by atoms with Gasteiger partial charge in [-0.05, 0) is 12.1 Å². The lowest BCUT2D eigenvalue weighted by molar-refractivity contribution is 0.0697. The van der Waals surface area contributed by atoms with Crippen molar-refractivity contribution in [1.82, 2.24) is 4.98 Å². The molecule has 5 nitrogen and oxygen atoms in total. The first kappa shape index (κ1) is 13.2. The van der Waals surface area contributed by atoms with Gasteiger partial charge in [-0.3, -0.25) is 4.79 Å². The van der Waals surface area contributed by atoms with Crippen molar-refractivity contribution in [3.8, 4) is 5.75 Å². The van der Waals surface area contributed by atoms with Gasteiger partial charge in [0.05, 0.1) is 0 Å². The zero-order chi connectivity index (χ0) is 13.8. The van der Waals surface area contributed by atoms with E-state index in [1.165, 1.54) is 6.92 Å². The highest BCUT2D eigenvalue weighted by Crippen LogP contribution is 2.21. The van der Waals surface area contributed by atoms with Gasteiger partial charge in [0.1, 0.15) is 27.9 Å². The van der Waals surface area contributed by atoms with E-state index in [0.717, 1.165) is 11.3 Å². The fraction of sp³-hybridized carbons (Fsp3) is 0.154. The Morgan fingerprint density at radius 1 is 1.32 bits per heavy atom. The minimum absolute atomic E-state index is 0.0100. The van der Waals surface area contributed by atoms with Crippen molar-refractivity contribution in [2.75, 3.05) is 0 Å². The largest absolute Gasteiger partial charge is 0.486 e. The van der Waals surface area contributed by atoms with Crippen LogP contribution in [0.15, 0.2) is 30.3 Å². The molecule has 98 valence electrons. The van der Waals surface area contributed by atoms with E-state index in [2.05, 4.69) is 4.98 Å². The van der Waals surface area contributed by atoms with Crippen molar-refractivity contribution < 1.29 is 19.4 Å². The van der Waals surface area contributed by atoms with Crippen molar-refractivity contribution in [2.24, 2.45) is 0 Å². The number of benzene rings is 1. The Morgan fingerprint density at radius 2 is 2.00 bits per heavy atom. The maximum atomic E-state index is 11.3. The average molecular weight is 277 g/mol. The summed E-state index contributed by atoms with van der Waals surface area (Å²) in [5, 5.41) is 9.45. The number of thiazole rings is 1. The van der Waals surface area contributed by atoms with Crippen LogP contribution in [-0.2, 0) is 6.61 Å². The normalized spacial score (nSPS) is 10.2. The third-order valence-electron chi connectivity index (χ3n) is 2.30. The number of carboxylic acid groups (broad SMARTS) is 1. The summed E-state index contributed by atoms with van der Waals surface area (Å²) in [6.45, 7) is 1.44. The van der Waals surface area contributed by atoms with Crippen LogP contribution < -0.4 is 4.74 Å². The number of ether oxygens (including phenoxy) is 1. The molecule has 0 unspecified atom stereocenters. The fourth-order valence-electron chi connectivity index (χ4n) is 1.47. The number of rotatable bonds is 5. The van der Waals surface area contributed by atoms with Crippen LogP contribution in [0.3, 0.4) is 0 Å². The van der Waals surface area contributed by atoms with Crippen molar-refractivity contribution in [3.05, 3.63) is 45.9 Å². The highest BCUT2D eigenvalue weighted by molar-refractivity contribution is 7.13. The van der Waals surface area contributed by atoms with E-state index in [-0.39, 0.29) is 23.0 Å². The number of hydrogen-bond donors (Lipinski definition) is 1. The Balaban J connectivity index is 2.15. The maximum absolute atomic E-state index is 11.3. The van der Waals surface area contributed by atoms with Gasteiger partial charge in [0, 0.05) is 6.92 Å². The highest BCUT2D eigenvalue weighted by atomic mass is 32.1. The predicted octanol–water partition coefficient (Wildman–Crippen LogP) is 2.62. The van der Waals surface area contributed by atoms with E-state index in [0.29, 0.717) is 10.8 Å². The number of para-hydroxylation sites is 1. The van der Waals surface area contributed by atoms with Crippen LogP contribution in [0.4, 0.5) is 0 Å². The Morgan fingerprint density at radius 3 is 2.53 bits per heavy atom. The zero-order valence-corrected chi connectivity index (χ0v) is 10.9. The minimum atomic E-state index is -1.14. The summed E-state index contributed by atoms with van der Waals surface area (Å²) in [5.74, 6) is -0.841. The molecule has 0 atom stereocenters. The molecule has 6 heteroatoms. The summed E-state index contributed by atoms with van der Waals surface area (Å²) in [7, 11) is 0. The van der Waals surface area contributed by atoms with Crippen LogP contribution >= 0.6 is 11.3 Å². The fourth-order valence-corrected chi connectivity index (χ4v) is 2.34. The topological polar surface area (TPSA) is 76.5 Å². The number of carbonyl (C=O) groups excluding carboxylic acids is 1. The van der Waals surface area contributed by atoms with Gasteiger partial charge in [0.2, 0.25) is 0 Å². The van der Waals surface area contributed by atoms with E-state index in [4.69, 9.17) is 9.84 Å². The second-order valence-electron chi connectivity index (χ2n) is 3.75. The van der Waals surface area contributed by atoms with Crippen molar-refractivity contribution >= 4 is 23.1 Å². The minimum Gasteiger partial charge on any atom is -0.486 e. The molecule has 0 fully saturated rings. The van der Waals surface area contributed by atoms with Gasteiger partial charge in [-0.1, -0.05) is 18.2 Å². The van der Waals surface area contributed by atoms with E-state index >= 15 is 0 Å². The Kier molecular flexibility index (Phi) is 3.91. The molecular weight excluding hydrogens is 266 g/mol. The lowest BCUT2D eigenvalue weighted by Gasteiger charge is -2.02. The van der Waals surface area contributed by atoms with Gasteiger partial charge in [0.25, 0.3) is 0 Å². The summed E-state index contributed by atoms with van der Waals surface area (Å²) < 4.78 is 5.46. The Bertz CT molecular complexity index is 575. The Labute approximate surface area is 113 Å². The molecule has 0 radical (unpaired) electrons. The number of ketones is 1. The SMILES string of the molecule is CC(=O)c1nc(COc2ccccc2)sc1C(=O)O. The average Bonchev–Trinajstić information content (AvgIpc) is 2.82. The zero-order valence-electron chi connectivity index (χ0n) is 10.1. The monoisotopic (exact) mass is 277 g/mol. The molecule has 0 saturated carbocycles. The molecule has 19 heavy (non-hydrogen) atoms. The van der Waals surface area contributed by atoms with Crippen molar-refractivity contribution in [1.29, 1.82) is 0 Å². The van der Waals surface area contributed by atoms with Crippen molar-refractivity contribution in [2.45, 2.75) is 13.5 Å². The van der Waals surface area contributed by atoms with Crippen LogP contribution in [0.5, 0.6) is 5.75 Å². The quantitative estimate of drug-likeness (QED) is 0.850. The Hall–Kier alpha value is -2.21. The number of carbonyl (C=O) groups is 2. The first-order chi connectivity index (χ1) is 9.08. The predicted molar refractivity (Wildman–Crippen MR) is 69.9 cm³/mol. The van der Waals surface area contributed by atoms with Crippen LogP contribution in [0.25, 0.3) is 0 Å². The summed E-state index contributed by atoms with van der Waals surface area (Å²) in [5.41, 5.74) is -0.0100. The molecule has 0 aliphatic rings. The molecule has 2 aromatic rings. The first-order valence-corrected chi connectivity index (χ1v) is 6.31. The summed E-state index contributed by atoms with van der Waals surface area (Å²) >= 11 is 0.959. The molecule has 1 N–H and O–H groups in total. The van der Waals surface area contributed by atoms with Gasteiger partial charge < -0.3 is 9.84 Å². The molecule has 0 amide bonds. The van der Waals surface area contributed by atoms with Crippen LogP contribution in [0.2, 0.25) is 0 Å². The molecule has 0 saturated heterocycles. The van der Waals surface area contributed by atoms with Crippen LogP contribution in [-0.4, -0.2) is 21.8 Å². The molecule has 1 heterocycles. The second-order valence-corrected chi connectivity index (χ2v) is 4.83. The van der Waals surface area contributed by atoms with Gasteiger partial charge >= 0.3 is 5.97 Å². The standard InChI is InChI=1S/C13H11NO4S/c1-8(15)11-12(13(16)17)19-10(14-11)7-18-9-5-3-2-4-6-9/h2-6H,7H2,1H3,(H,16,17). The maximum Gasteiger partial charge on any atom is 0.348 e. The van der Waals surface area contributed by atoms with E-state index < -0.39 is 5.97 Å². The van der Waals surface area contributed by atoms with E-state index in [9.17, 15) is 9.59 Å². The molecule has 2 rings (SSSR count). The van der Waals surface area contributed by atoms with Crippen LogP contribution in [0.1, 0.15) is 32.1 Å². The van der Waals surface area contributed by atoms with Gasteiger partial charge in [-0.2, -0.15) is 0 Å². The lowest BCUT2D eigenvalue weighted by atomic mass is 10.3. The molecule has 1 aromatic carbocycles. The van der Waals surface area contributed by atoms with Gasteiger partial charge in [-0.25, -0.2) is 9.78 Å². The van der Waals surface area contributed by atoms with E-state index in [1.54, 1.807) is 12.1 Å². The summed E-state index contributed by atoms with van der Waals surface area (Å²) in [6.07, 6.45) is 0. The van der Waals surface area contributed by atoms with Crippen LogP contribution in [0, 0.1) is 0 Å². The molecule has 0 aliphatic heterocycles. The first-order valence-electron chi connectivity index (χ1n) is 5.49. The highest BCUT2D eigenvalue weighted by Gasteiger charge is 2.20.